The van der Waals surface area contributed by atoms with Crippen LogP contribution in [0.4, 0.5) is 0 Å². The van der Waals surface area contributed by atoms with Crippen LogP contribution in [0.3, 0.4) is 0 Å². The zero-order chi connectivity index (χ0) is 22.2. The van der Waals surface area contributed by atoms with Gasteiger partial charge in [-0.15, -0.1) is 0 Å². The van der Waals surface area contributed by atoms with Crippen molar-refractivity contribution in [1.82, 2.24) is 14.5 Å². The second kappa shape index (κ2) is 11.4. The number of halogens is 1. The average molecular weight is 535 g/mol. The number of imidazole rings is 1. The van der Waals surface area contributed by atoms with Gasteiger partial charge in [-0.25, -0.2) is 4.98 Å². The molecule has 0 spiro atoms. The number of hydrogen-bond donors (Lipinski definition) is 0. The molecule has 0 bridgehead atoms. The van der Waals surface area contributed by atoms with Gasteiger partial charge in [0.05, 0.1) is 11.9 Å². The van der Waals surface area contributed by atoms with Crippen LogP contribution in [0.2, 0.25) is 0 Å². The van der Waals surface area contributed by atoms with Crippen molar-refractivity contribution in [3.8, 4) is 11.4 Å². The van der Waals surface area contributed by atoms with Crippen molar-refractivity contribution in [3.63, 3.8) is 0 Å². The Morgan fingerprint density at radius 2 is 1.41 bits per heavy atom. The van der Waals surface area contributed by atoms with Gasteiger partial charge in [-0.2, -0.15) is 0 Å². The van der Waals surface area contributed by atoms with Gasteiger partial charge in [0.2, 0.25) is 0 Å². The molecule has 0 fully saturated rings. The van der Waals surface area contributed by atoms with Gasteiger partial charge < -0.3 is 4.57 Å². The maximum atomic E-state index is 4.85. The fraction of sp³-hybridized carbons (Fsp3) is 0.250. The zero-order valence-corrected chi connectivity index (χ0v) is 20.8. The van der Waals surface area contributed by atoms with Crippen LogP contribution in [0.15, 0.2) is 91.1 Å². The van der Waals surface area contributed by atoms with E-state index in [1.807, 2.05) is 0 Å². The van der Waals surface area contributed by atoms with Gasteiger partial charge in [0.25, 0.3) is 0 Å². The lowest BCUT2D eigenvalue weighted by atomic mass is 10.1. The Balaban J connectivity index is 1.62. The fourth-order valence-corrected chi connectivity index (χ4v) is 4.37. The summed E-state index contributed by atoms with van der Waals surface area (Å²) in [7, 11) is 0. The maximum Gasteiger partial charge on any atom is 0.140 e. The van der Waals surface area contributed by atoms with E-state index in [-0.39, 0.29) is 0 Å². The van der Waals surface area contributed by atoms with E-state index < -0.39 is 0 Å². The minimum atomic E-state index is 0.866. The molecule has 0 unspecified atom stereocenters. The summed E-state index contributed by atoms with van der Waals surface area (Å²) in [6.07, 6.45) is 4.39. The SMILES string of the molecule is CCCCn1c(CN(Cc2ccccc2)Cc2ccc(I)cc2)cnc1-c1ccccc1. The highest BCUT2D eigenvalue weighted by molar-refractivity contribution is 14.1. The van der Waals surface area contributed by atoms with Crippen molar-refractivity contribution in [2.24, 2.45) is 0 Å². The molecule has 0 saturated carbocycles. The van der Waals surface area contributed by atoms with Gasteiger partial charge in [0, 0.05) is 35.3 Å². The molecular formula is C28H30IN3. The highest BCUT2D eigenvalue weighted by Gasteiger charge is 2.16. The molecule has 4 aromatic rings. The topological polar surface area (TPSA) is 21.1 Å². The second-order valence-corrected chi connectivity index (χ2v) is 9.45. The molecule has 4 rings (SSSR count). The van der Waals surface area contributed by atoms with Crippen LogP contribution in [0.1, 0.15) is 36.6 Å². The third-order valence-corrected chi connectivity index (χ3v) is 6.38. The zero-order valence-electron chi connectivity index (χ0n) is 18.6. The predicted molar refractivity (Wildman–Crippen MR) is 141 cm³/mol. The minimum Gasteiger partial charge on any atom is -0.327 e. The Hall–Kier alpha value is -2.44. The first kappa shape index (κ1) is 22.7. The van der Waals surface area contributed by atoms with Gasteiger partial charge in [-0.05, 0) is 52.3 Å². The van der Waals surface area contributed by atoms with Gasteiger partial charge in [0.15, 0.2) is 0 Å². The summed E-state index contributed by atoms with van der Waals surface area (Å²) < 4.78 is 3.69. The predicted octanol–water partition coefficient (Wildman–Crippen LogP) is 7.16. The molecule has 0 radical (unpaired) electrons. The van der Waals surface area contributed by atoms with Crippen LogP contribution in [0, 0.1) is 3.57 Å². The monoisotopic (exact) mass is 535 g/mol. The van der Waals surface area contributed by atoms with Gasteiger partial charge >= 0.3 is 0 Å². The summed E-state index contributed by atoms with van der Waals surface area (Å²) in [5.41, 5.74) is 5.13. The molecule has 0 saturated heterocycles. The van der Waals surface area contributed by atoms with Crippen LogP contribution in [-0.4, -0.2) is 14.5 Å². The van der Waals surface area contributed by atoms with Crippen molar-refractivity contribution < 1.29 is 0 Å². The van der Waals surface area contributed by atoms with Crippen molar-refractivity contribution in [3.05, 3.63) is 112 Å². The van der Waals surface area contributed by atoms with Gasteiger partial charge in [-0.1, -0.05) is 86.1 Å². The summed E-state index contributed by atoms with van der Waals surface area (Å²) in [6.45, 7) is 5.93. The molecular weight excluding hydrogens is 505 g/mol. The Labute approximate surface area is 205 Å². The second-order valence-electron chi connectivity index (χ2n) is 8.20. The first-order valence-corrected chi connectivity index (χ1v) is 12.4. The number of hydrogen-bond acceptors (Lipinski definition) is 2. The van der Waals surface area contributed by atoms with Crippen molar-refractivity contribution in [2.45, 2.75) is 45.9 Å². The Morgan fingerprint density at radius 1 is 0.781 bits per heavy atom. The number of aromatic nitrogens is 2. The molecule has 0 aliphatic carbocycles. The Kier molecular flexibility index (Phi) is 8.13. The minimum absolute atomic E-state index is 0.866. The lowest BCUT2D eigenvalue weighted by molar-refractivity contribution is 0.241. The number of rotatable bonds is 10. The van der Waals surface area contributed by atoms with Gasteiger partial charge in [0.1, 0.15) is 5.82 Å². The van der Waals surface area contributed by atoms with E-state index in [4.69, 9.17) is 4.98 Å². The molecule has 32 heavy (non-hydrogen) atoms. The quantitative estimate of drug-likeness (QED) is 0.201. The number of nitrogens with zero attached hydrogens (tertiary/aromatic N) is 3. The van der Waals surface area contributed by atoms with Gasteiger partial charge in [-0.3, -0.25) is 4.90 Å². The Morgan fingerprint density at radius 3 is 2.06 bits per heavy atom. The molecule has 0 amide bonds. The fourth-order valence-electron chi connectivity index (χ4n) is 4.01. The van der Waals surface area contributed by atoms with E-state index in [2.05, 4.69) is 130 Å². The van der Waals surface area contributed by atoms with E-state index in [1.165, 1.54) is 32.4 Å². The largest absolute Gasteiger partial charge is 0.327 e. The van der Waals surface area contributed by atoms with E-state index in [9.17, 15) is 0 Å². The van der Waals surface area contributed by atoms with Crippen LogP contribution in [0.25, 0.3) is 11.4 Å². The molecule has 3 nitrogen and oxygen atoms in total. The van der Waals surface area contributed by atoms with E-state index in [1.54, 1.807) is 0 Å². The lowest BCUT2D eigenvalue weighted by Crippen LogP contribution is -2.24. The van der Waals surface area contributed by atoms with Crippen molar-refractivity contribution in [1.29, 1.82) is 0 Å². The lowest BCUT2D eigenvalue weighted by Gasteiger charge is -2.24. The first-order chi connectivity index (χ1) is 15.7. The average Bonchev–Trinajstić information content (AvgIpc) is 3.22. The molecule has 0 N–H and O–H groups in total. The smallest absolute Gasteiger partial charge is 0.140 e. The summed E-state index contributed by atoms with van der Waals surface area (Å²) >= 11 is 2.37. The summed E-state index contributed by atoms with van der Waals surface area (Å²) in [4.78, 5) is 7.37. The molecule has 0 aliphatic heterocycles. The summed E-state index contributed by atoms with van der Waals surface area (Å²) in [6, 6.07) is 30.2. The molecule has 4 heteroatoms. The highest BCUT2D eigenvalue weighted by Crippen LogP contribution is 2.23. The molecule has 1 aromatic heterocycles. The summed E-state index contributed by atoms with van der Waals surface area (Å²) in [5, 5.41) is 0. The van der Waals surface area contributed by atoms with Crippen molar-refractivity contribution in [2.75, 3.05) is 0 Å². The molecule has 3 aromatic carbocycles. The van der Waals surface area contributed by atoms with Crippen molar-refractivity contribution >= 4 is 22.6 Å². The van der Waals surface area contributed by atoms with Crippen LogP contribution >= 0.6 is 22.6 Å². The number of unbranched alkanes of at least 4 members (excludes halogenated alkanes) is 1. The summed E-state index contributed by atoms with van der Waals surface area (Å²) in [5.74, 6) is 1.07. The molecule has 0 atom stereocenters. The van der Waals surface area contributed by atoms with Crippen LogP contribution in [-0.2, 0) is 26.2 Å². The normalized spacial score (nSPS) is 11.2. The van der Waals surface area contributed by atoms with Crippen LogP contribution in [0.5, 0.6) is 0 Å². The third kappa shape index (κ3) is 6.08. The molecule has 1 heterocycles. The maximum absolute atomic E-state index is 4.85. The van der Waals surface area contributed by atoms with Crippen LogP contribution < -0.4 is 0 Å². The first-order valence-electron chi connectivity index (χ1n) is 11.3. The van der Waals surface area contributed by atoms with E-state index in [0.29, 0.717) is 0 Å². The van der Waals surface area contributed by atoms with E-state index >= 15 is 0 Å². The Bertz CT molecular complexity index is 1090. The third-order valence-electron chi connectivity index (χ3n) is 5.66. The molecule has 164 valence electrons. The van der Waals surface area contributed by atoms with E-state index in [0.717, 1.165) is 38.4 Å². The standard InChI is InChI=1S/C28H30IN3/c1-2-3-18-32-27(19-30-28(32)25-12-8-5-9-13-25)22-31(20-23-10-6-4-7-11-23)21-24-14-16-26(29)17-15-24/h4-17,19H,2-3,18,20-22H2,1H3. The number of benzene rings is 3. The highest BCUT2D eigenvalue weighted by atomic mass is 127. The molecule has 0 aliphatic rings.